The summed E-state index contributed by atoms with van der Waals surface area (Å²) in [6, 6.07) is 4.10. The summed E-state index contributed by atoms with van der Waals surface area (Å²) < 4.78 is 0. The van der Waals surface area contributed by atoms with Crippen molar-refractivity contribution in [3.63, 3.8) is 0 Å². The van der Waals surface area contributed by atoms with Gasteiger partial charge in [-0.3, -0.25) is 0 Å². The van der Waals surface area contributed by atoms with Crippen LogP contribution in [0.5, 0.6) is 0 Å². The predicted octanol–water partition coefficient (Wildman–Crippen LogP) is 3.58. The number of aromatic nitrogens is 2. The Morgan fingerprint density at radius 2 is 2.19 bits per heavy atom. The average molecular weight is 284 g/mol. The number of H-pyrrole nitrogens is 1. The molecule has 1 saturated carbocycles. The van der Waals surface area contributed by atoms with Gasteiger partial charge in [-0.1, -0.05) is 12.8 Å². The van der Waals surface area contributed by atoms with Crippen LogP contribution in [0.1, 0.15) is 32.6 Å². The largest absolute Gasteiger partial charge is 0.388 e. The highest BCUT2D eigenvalue weighted by Crippen LogP contribution is 2.38. The summed E-state index contributed by atoms with van der Waals surface area (Å²) in [7, 11) is 0. The van der Waals surface area contributed by atoms with E-state index >= 15 is 0 Å². The summed E-state index contributed by atoms with van der Waals surface area (Å²) in [5.74, 6) is 1.68. The molecule has 0 saturated heterocycles. The molecule has 2 aromatic heterocycles. The number of hydroxylamine groups is 1. The minimum Gasteiger partial charge on any atom is -0.388 e. The predicted molar refractivity (Wildman–Crippen MR) is 82.1 cm³/mol. The quantitative estimate of drug-likeness (QED) is 0.935. The van der Waals surface area contributed by atoms with E-state index in [4.69, 9.17) is 4.84 Å². The zero-order valence-corrected chi connectivity index (χ0v) is 12.2. The second-order valence-electron chi connectivity index (χ2n) is 5.69. The molecule has 3 heterocycles. The van der Waals surface area contributed by atoms with Crippen molar-refractivity contribution >= 4 is 16.7 Å². The molecule has 5 heteroatoms. The molecule has 0 aromatic carbocycles. The van der Waals surface area contributed by atoms with Crippen LogP contribution in [0.2, 0.25) is 0 Å². The van der Waals surface area contributed by atoms with Gasteiger partial charge in [-0.25, -0.2) is 9.99 Å². The van der Waals surface area contributed by atoms with Crippen molar-refractivity contribution in [2.45, 2.75) is 32.6 Å². The van der Waals surface area contributed by atoms with Crippen molar-refractivity contribution in [3.05, 3.63) is 36.5 Å². The standard InChI is InChI=1S/C16H20N4O/c1-2-20-19(11-15(21-20)12-5-3-4-6-12)14-8-10-18-16-13(14)7-9-17-16/h7-12H,2-6H2,1H3,(H,17,18). The van der Waals surface area contributed by atoms with E-state index < -0.39 is 0 Å². The van der Waals surface area contributed by atoms with E-state index in [1.807, 2.05) is 23.6 Å². The van der Waals surface area contributed by atoms with Crippen LogP contribution in [0, 0.1) is 5.92 Å². The summed E-state index contributed by atoms with van der Waals surface area (Å²) >= 11 is 0. The fourth-order valence-electron chi connectivity index (χ4n) is 3.32. The summed E-state index contributed by atoms with van der Waals surface area (Å²) in [5.41, 5.74) is 2.02. The Kier molecular flexibility index (Phi) is 3.07. The highest BCUT2D eigenvalue weighted by atomic mass is 16.7. The third-order valence-corrected chi connectivity index (χ3v) is 4.41. The number of pyridine rings is 1. The van der Waals surface area contributed by atoms with Gasteiger partial charge in [0.1, 0.15) is 11.4 Å². The summed E-state index contributed by atoms with van der Waals surface area (Å²) in [6.45, 7) is 2.91. The van der Waals surface area contributed by atoms with E-state index in [-0.39, 0.29) is 0 Å². The number of nitrogens with one attached hydrogen (secondary N) is 1. The number of aromatic amines is 1. The first kappa shape index (κ1) is 12.7. The summed E-state index contributed by atoms with van der Waals surface area (Å²) in [6.07, 6.45) is 11.0. The molecule has 1 aliphatic carbocycles. The number of anilines is 1. The van der Waals surface area contributed by atoms with Gasteiger partial charge in [0.2, 0.25) is 0 Å². The average Bonchev–Trinajstić information content (AvgIpc) is 3.24. The van der Waals surface area contributed by atoms with E-state index in [0.29, 0.717) is 5.92 Å². The molecule has 0 atom stereocenters. The van der Waals surface area contributed by atoms with Gasteiger partial charge in [-0.05, 0) is 37.1 Å². The van der Waals surface area contributed by atoms with Crippen LogP contribution in [-0.4, -0.2) is 21.7 Å². The van der Waals surface area contributed by atoms with E-state index in [9.17, 15) is 0 Å². The van der Waals surface area contributed by atoms with Crippen molar-refractivity contribution in [1.29, 1.82) is 0 Å². The lowest BCUT2D eigenvalue weighted by atomic mass is 10.1. The fraction of sp³-hybridized carbons (Fsp3) is 0.438. The summed E-state index contributed by atoms with van der Waals surface area (Å²) in [4.78, 5) is 13.6. The Bertz CT molecular complexity index is 672. The van der Waals surface area contributed by atoms with E-state index in [0.717, 1.165) is 29.0 Å². The molecular weight excluding hydrogens is 264 g/mol. The normalized spacial score (nSPS) is 20.2. The van der Waals surface area contributed by atoms with Gasteiger partial charge >= 0.3 is 0 Å². The molecule has 0 radical (unpaired) electrons. The molecule has 0 unspecified atom stereocenters. The van der Waals surface area contributed by atoms with Crippen LogP contribution >= 0.6 is 0 Å². The van der Waals surface area contributed by atoms with Gasteiger partial charge in [0, 0.05) is 23.7 Å². The van der Waals surface area contributed by atoms with Crippen molar-refractivity contribution in [2.75, 3.05) is 11.6 Å². The van der Waals surface area contributed by atoms with Crippen LogP contribution in [0.15, 0.2) is 36.5 Å². The van der Waals surface area contributed by atoms with Gasteiger partial charge in [-0.2, -0.15) is 0 Å². The van der Waals surface area contributed by atoms with Gasteiger partial charge in [0.15, 0.2) is 0 Å². The van der Waals surface area contributed by atoms with Gasteiger partial charge in [0.25, 0.3) is 0 Å². The Morgan fingerprint density at radius 3 is 3.00 bits per heavy atom. The van der Waals surface area contributed by atoms with E-state index in [1.54, 1.807) is 0 Å². The molecule has 0 bridgehead atoms. The fourth-order valence-corrected chi connectivity index (χ4v) is 3.32. The second-order valence-corrected chi connectivity index (χ2v) is 5.69. The van der Waals surface area contributed by atoms with Crippen LogP contribution in [-0.2, 0) is 4.84 Å². The number of fused-ring (bicyclic) bond motifs is 1. The molecule has 1 aliphatic heterocycles. The molecule has 4 rings (SSSR count). The molecule has 110 valence electrons. The van der Waals surface area contributed by atoms with Crippen LogP contribution in [0.25, 0.3) is 11.0 Å². The number of hydrogen-bond acceptors (Lipinski definition) is 4. The Balaban J connectivity index is 1.73. The minimum atomic E-state index is 0.576. The molecule has 5 nitrogen and oxygen atoms in total. The number of hydrogen-bond donors (Lipinski definition) is 1. The minimum absolute atomic E-state index is 0.576. The molecule has 0 spiro atoms. The van der Waals surface area contributed by atoms with Crippen molar-refractivity contribution in [2.24, 2.45) is 5.92 Å². The molecular formula is C16H20N4O. The Hall–Kier alpha value is -2.01. The number of nitrogens with zero attached hydrogens (tertiary/aromatic N) is 3. The molecule has 21 heavy (non-hydrogen) atoms. The maximum atomic E-state index is 6.08. The highest BCUT2D eigenvalue weighted by Gasteiger charge is 2.31. The molecule has 1 N–H and O–H groups in total. The van der Waals surface area contributed by atoms with Crippen molar-refractivity contribution in [3.8, 4) is 0 Å². The lowest BCUT2D eigenvalue weighted by Crippen LogP contribution is -2.34. The molecule has 2 aromatic rings. The van der Waals surface area contributed by atoms with Gasteiger partial charge < -0.3 is 9.82 Å². The first-order chi connectivity index (χ1) is 10.4. The van der Waals surface area contributed by atoms with Crippen molar-refractivity contribution in [1.82, 2.24) is 15.1 Å². The first-order valence-electron chi connectivity index (χ1n) is 7.75. The second kappa shape index (κ2) is 5.07. The topological polar surface area (TPSA) is 44.4 Å². The third-order valence-electron chi connectivity index (χ3n) is 4.41. The SMILES string of the molecule is CCN1OC(C2CCCC2)=CN1c1ccnc2[nH]ccc12. The molecule has 2 aliphatic rings. The number of allylic oxidation sites excluding steroid dienone is 1. The lowest BCUT2D eigenvalue weighted by Gasteiger charge is -2.26. The number of rotatable bonds is 3. The van der Waals surface area contributed by atoms with Crippen LogP contribution < -0.4 is 5.01 Å². The first-order valence-corrected chi connectivity index (χ1v) is 7.75. The summed E-state index contributed by atoms with van der Waals surface area (Å²) in [5, 5.41) is 5.16. The maximum Gasteiger partial charge on any atom is 0.147 e. The molecule has 0 amide bonds. The maximum absolute atomic E-state index is 6.08. The Labute approximate surface area is 124 Å². The highest BCUT2D eigenvalue weighted by molar-refractivity contribution is 5.90. The lowest BCUT2D eigenvalue weighted by molar-refractivity contribution is -0.105. The smallest absolute Gasteiger partial charge is 0.147 e. The van der Waals surface area contributed by atoms with Crippen LogP contribution in [0.4, 0.5) is 5.69 Å². The van der Waals surface area contributed by atoms with Gasteiger partial charge in [-0.15, -0.1) is 0 Å². The molecule has 1 fully saturated rings. The van der Waals surface area contributed by atoms with Crippen LogP contribution in [0.3, 0.4) is 0 Å². The van der Waals surface area contributed by atoms with E-state index in [1.165, 1.54) is 25.7 Å². The number of hydrazine groups is 1. The Morgan fingerprint density at radius 1 is 1.33 bits per heavy atom. The van der Waals surface area contributed by atoms with Crippen molar-refractivity contribution < 1.29 is 4.84 Å². The van der Waals surface area contributed by atoms with Gasteiger partial charge in [0.05, 0.1) is 18.4 Å². The third kappa shape index (κ3) is 2.08. The zero-order valence-electron chi connectivity index (χ0n) is 12.2. The van der Waals surface area contributed by atoms with E-state index in [2.05, 4.69) is 34.2 Å². The zero-order chi connectivity index (χ0) is 14.2. The monoisotopic (exact) mass is 284 g/mol.